The maximum Gasteiger partial charge on any atom is 0.261 e. The first kappa shape index (κ1) is 15.8. The zero-order chi connectivity index (χ0) is 17.3. The molecule has 0 saturated heterocycles. The zero-order valence-electron chi connectivity index (χ0n) is 13.8. The molecule has 2 aromatic carbocycles. The number of hydrogen-bond acceptors (Lipinski definition) is 3. The van der Waals surface area contributed by atoms with Gasteiger partial charge in [0, 0.05) is 18.9 Å². The predicted molar refractivity (Wildman–Crippen MR) is 94.9 cm³/mol. The molecule has 3 rings (SSSR count). The van der Waals surface area contributed by atoms with E-state index >= 15 is 0 Å². The minimum absolute atomic E-state index is 0.0961. The highest BCUT2D eigenvalue weighted by atomic mass is 16.5. The monoisotopic (exact) mass is 322 g/mol. The number of hydrogen-bond donors (Lipinski definition) is 1. The highest BCUT2D eigenvalue weighted by Gasteiger charge is 2.15. The number of nitrogens with one attached hydrogen (secondary N) is 1. The minimum atomic E-state index is -0.427. The van der Waals surface area contributed by atoms with Crippen LogP contribution >= 0.6 is 0 Å². The molecule has 3 aromatic rings. The summed E-state index contributed by atoms with van der Waals surface area (Å²) in [6.07, 6.45) is 1.56. The summed E-state index contributed by atoms with van der Waals surface area (Å²) in [6.45, 7) is 1.97. The lowest BCUT2D eigenvalue weighted by atomic mass is 10.1. The molecule has 0 saturated carbocycles. The van der Waals surface area contributed by atoms with Crippen molar-refractivity contribution in [2.45, 2.75) is 6.92 Å². The van der Waals surface area contributed by atoms with Gasteiger partial charge in [0.15, 0.2) is 0 Å². The molecule has 1 aromatic heterocycles. The Hall–Kier alpha value is -3.08. The van der Waals surface area contributed by atoms with Gasteiger partial charge in [0.2, 0.25) is 5.43 Å². The molecular formula is C19H18N2O3. The molecule has 0 aliphatic rings. The number of anilines is 1. The van der Waals surface area contributed by atoms with Crippen molar-refractivity contribution in [1.82, 2.24) is 4.57 Å². The van der Waals surface area contributed by atoms with Crippen molar-refractivity contribution in [2.75, 3.05) is 12.4 Å². The quantitative estimate of drug-likeness (QED) is 0.806. The first-order chi connectivity index (χ1) is 11.5. The SMILES string of the molecule is COc1ccc2c(c1)c(=O)c(C(=O)Nc1ccc(C)cc1)cn2C. The van der Waals surface area contributed by atoms with E-state index in [0.29, 0.717) is 16.8 Å². The first-order valence-corrected chi connectivity index (χ1v) is 7.55. The van der Waals surface area contributed by atoms with E-state index in [2.05, 4.69) is 5.32 Å². The highest BCUT2D eigenvalue weighted by molar-refractivity contribution is 6.05. The van der Waals surface area contributed by atoms with Crippen LogP contribution in [0.15, 0.2) is 53.5 Å². The number of aryl methyl sites for hydroxylation is 2. The third-order valence-electron chi connectivity index (χ3n) is 3.95. The van der Waals surface area contributed by atoms with Crippen LogP contribution in [0.1, 0.15) is 15.9 Å². The van der Waals surface area contributed by atoms with Gasteiger partial charge in [-0.25, -0.2) is 0 Å². The summed E-state index contributed by atoms with van der Waals surface area (Å²) in [5.41, 5.74) is 2.28. The molecule has 1 amide bonds. The molecule has 0 fully saturated rings. The summed E-state index contributed by atoms with van der Waals surface area (Å²) in [4.78, 5) is 25.2. The lowest BCUT2D eigenvalue weighted by Gasteiger charge is -2.11. The van der Waals surface area contributed by atoms with Crippen LogP contribution < -0.4 is 15.5 Å². The third kappa shape index (κ3) is 2.88. The minimum Gasteiger partial charge on any atom is -0.497 e. The molecule has 122 valence electrons. The number of nitrogens with zero attached hydrogens (tertiary/aromatic N) is 1. The lowest BCUT2D eigenvalue weighted by molar-refractivity contribution is 0.102. The van der Waals surface area contributed by atoms with Gasteiger partial charge < -0.3 is 14.6 Å². The van der Waals surface area contributed by atoms with Crippen molar-refractivity contribution in [1.29, 1.82) is 0 Å². The fraction of sp³-hybridized carbons (Fsp3) is 0.158. The van der Waals surface area contributed by atoms with Crippen molar-refractivity contribution in [2.24, 2.45) is 7.05 Å². The molecule has 0 atom stereocenters. The number of carbonyl (C=O) groups is 1. The molecule has 0 bridgehead atoms. The van der Waals surface area contributed by atoms with Crippen LogP contribution in [0.3, 0.4) is 0 Å². The number of pyridine rings is 1. The summed E-state index contributed by atoms with van der Waals surface area (Å²) < 4.78 is 6.94. The van der Waals surface area contributed by atoms with Gasteiger partial charge in [-0.15, -0.1) is 0 Å². The second-order valence-electron chi connectivity index (χ2n) is 5.69. The molecule has 5 heteroatoms. The van der Waals surface area contributed by atoms with Crippen molar-refractivity contribution in [3.8, 4) is 5.75 Å². The van der Waals surface area contributed by atoms with Crippen LogP contribution in [0, 0.1) is 6.92 Å². The molecule has 1 N–H and O–H groups in total. The van der Waals surface area contributed by atoms with Crippen LogP contribution in [0.25, 0.3) is 10.9 Å². The number of fused-ring (bicyclic) bond motifs is 1. The molecule has 0 spiro atoms. The highest BCUT2D eigenvalue weighted by Crippen LogP contribution is 2.19. The van der Waals surface area contributed by atoms with E-state index in [1.807, 2.05) is 31.2 Å². The Kier molecular flexibility index (Phi) is 4.08. The second kappa shape index (κ2) is 6.20. The Morgan fingerprint density at radius 2 is 1.83 bits per heavy atom. The van der Waals surface area contributed by atoms with Gasteiger partial charge in [-0.1, -0.05) is 17.7 Å². The molecule has 0 unspecified atom stereocenters. The van der Waals surface area contributed by atoms with E-state index < -0.39 is 5.91 Å². The van der Waals surface area contributed by atoms with Crippen molar-refractivity contribution >= 4 is 22.5 Å². The Bertz CT molecular complexity index is 972. The van der Waals surface area contributed by atoms with Gasteiger partial charge in [-0.3, -0.25) is 9.59 Å². The summed E-state index contributed by atoms with van der Waals surface area (Å²) in [6, 6.07) is 12.7. The topological polar surface area (TPSA) is 60.3 Å². The maximum atomic E-state index is 12.7. The van der Waals surface area contributed by atoms with E-state index in [1.165, 1.54) is 0 Å². The number of rotatable bonds is 3. The third-order valence-corrected chi connectivity index (χ3v) is 3.95. The van der Waals surface area contributed by atoms with Crippen LogP contribution in [-0.2, 0) is 7.05 Å². The standard InChI is InChI=1S/C19H18N2O3/c1-12-4-6-13(7-5-12)20-19(23)16-11-21(2)17-9-8-14(24-3)10-15(17)18(16)22/h4-11H,1-3H3,(H,20,23). The molecule has 5 nitrogen and oxygen atoms in total. The Labute approximate surface area is 139 Å². The number of ether oxygens (including phenoxy) is 1. The maximum absolute atomic E-state index is 12.7. The van der Waals surface area contributed by atoms with E-state index in [1.54, 1.807) is 43.1 Å². The van der Waals surface area contributed by atoms with E-state index in [4.69, 9.17) is 4.74 Å². The van der Waals surface area contributed by atoms with Crippen LogP contribution in [0.2, 0.25) is 0 Å². The van der Waals surface area contributed by atoms with Gasteiger partial charge in [-0.05, 0) is 37.3 Å². The van der Waals surface area contributed by atoms with E-state index in [9.17, 15) is 9.59 Å². The van der Waals surface area contributed by atoms with Crippen molar-refractivity contribution in [3.63, 3.8) is 0 Å². The molecule has 0 radical (unpaired) electrons. The smallest absolute Gasteiger partial charge is 0.261 e. The number of amides is 1. The molecular weight excluding hydrogens is 304 g/mol. The van der Waals surface area contributed by atoms with Crippen molar-refractivity contribution < 1.29 is 9.53 Å². The summed E-state index contributed by atoms with van der Waals surface area (Å²) >= 11 is 0. The van der Waals surface area contributed by atoms with Gasteiger partial charge >= 0.3 is 0 Å². The molecule has 0 aliphatic carbocycles. The van der Waals surface area contributed by atoms with Gasteiger partial charge in [0.05, 0.1) is 18.0 Å². The number of aromatic nitrogens is 1. The normalized spacial score (nSPS) is 10.6. The summed E-state index contributed by atoms with van der Waals surface area (Å²) in [5.74, 6) is 0.153. The van der Waals surface area contributed by atoms with E-state index in [0.717, 1.165) is 11.1 Å². The number of methoxy groups -OCH3 is 1. The lowest BCUT2D eigenvalue weighted by Crippen LogP contribution is -2.23. The average molecular weight is 322 g/mol. The fourth-order valence-corrected chi connectivity index (χ4v) is 2.60. The molecule has 24 heavy (non-hydrogen) atoms. The first-order valence-electron chi connectivity index (χ1n) is 7.55. The Morgan fingerprint density at radius 1 is 1.12 bits per heavy atom. The Morgan fingerprint density at radius 3 is 2.50 bits per heavy atom. The van der Waals surface area contributed by atoms with E-state index in [-0.39, 0.29) is 11.0 Å². The van der Waals surface area contributed by atoms with Gasteiger partial charge in [0.1, 0.15) is 11.3 Å². The van der Waals surface area contributed by atoms with Crippen LogP contribution in [0.4, 0.5) is 5.69 Å². The van der Waals surface area contributed by atoms with Crippen LogP contribution in [0.5, 0.6) is 5.75 Å². The summed E-state index contributed by atoms with van der Waals surface area (Å²) in [5, 5.41) is 3.22. The summed E-state index contributed by atoms with van der Waals surface area (Å²) in [7, 11) is 3.34. The number of carbonyl (C=O) groups excluding carboxylic acids is 1. The van der Waals surface area contributed by atoms with Gasteiger partial charge in [0.25, 0.3) is 5.91 Å². The predicted octanol–water partition coefficient (Wildman–Crippen LogP) is 3.11. The number of benzene rings is 2. The zero-order valence-corrected chi connectivity index (χ0v) is 13.8. The largest absolute Gasteiger partial charge is 0.497 e. The average Bonchev–Trinajstić information content (AvgIpc) is 2.59. The fourth-order valence-electron chi connectivity index (χ4n) is 2.60. The van der Waals surface area contributed by atoms with Crippen LogP contribution in [-0.4, -0.2) is 17.6 Å². The Balaban J connectivity index is 2.05. The second-order valence-corrected chi connectivity index (χ2v) is 5.69. The molecule has 0 aliphatic heterocycles. The van der Waals surface area contributed by atoms with Crippen molar-refractivity contribution in [3.05, 3.63) is 70.0 Å². The molecule has 1 heterocycles. The van der Waals surface area contributed by atoms with Gasteiger partial charge in [-0.2, -0.15) is 0 Å².